The number of nitrogens with zero attached hydrogens (tertiary/aromatic N) is 2. The summed E-state index contributed by atoms with van der Waals surface area (Å²) < 4.78 is 49.5. The van der Waals surface area contributed by atoms with Crippen LogP contribution in [0.25, 0.3) is 10.9 Å². The molecule has 1 aromatic heterocycles. The second-order valence-electron chi connectivity index (χ2n) is 8.49. The molecular weight excluding hydrogens is 477 g/mol. The molecule has 8 nitrogen and oxygen atoms in total. The highest BCUT2D eigenvalue weighted by Gasteiger charge is 2.32. The third-order valence-electron chi connectivity index (χ3n) is 6.42. The van der Waals surface area contributed by atoms with Crippen LogP contribution in [0.15, 0.2) is 42.5 Å². The summed E-state index contributed by atoms with van der Waals surface area (Å²) in [4.78, 5) is 32.4. The number of hydrogen-bond acceptors (Lipinski definition) is 6. The number of methoxy groups -OCH3 is 2. The number of fused-ring (bicyclic) bond motifs is 1. The Bertz CT molecular complexity index is 1270. The van der Waals surface area contributed by atoms with Crippen molar-refractivity contribution < 1.29 is 32.2 Å². The molecule has 192 valence electrons. The molecule has 4 rings (SSSR count). The number of carbonyl (C=O) groups excluding carboxylic acids is 2. The van der Waals surface area contributed by atoms with Gasteiger partial charge < -0.3 is 24.7 Å². The van der Waals surface area contributed by atoms with Crippen LogP contribution in [0.4, 0.5) is 24.5 Å². The number of hydrogen-bond donors (Lipinski definition) is 2. The minimum absolute atomic E-state index is 0.104. The molecule has 0 saturated carbocycles. The lowest BCUT2D eigenvalue weighted by atomic mass is 10.1. The molecule has 1 aliphatic rings. The first-order chi connectivity index (χ1) is 17.1. The maximum absolute atomic E-state index is 13.2. The van der Waals surface area contributed by atoms with E-state index in [1.807, 2.05) is 9.80 Å². The SMILES string of the molecule is COC(=O)c1[nH]c2cccc(OC)c2c1NC(=O)C(C)N1CCN(c2cccc(C(F)(F)F)c2)CC1. The van der Waals surface area contributed by atoms with Gasteiger partial charge in [0.25, 0.3) is 0 Å². The fraction of sp³-hybridized carbons (Fsp3) is 0.360. The van der Waals surface area contributed by atoms with Gasteiger partial charge in [-0.2, -0.15) is 13.2 Å². The number of amides is 1. The van der Waals surface area contributed by atoms with E-state index in [1.54, 1.807) is 31.2 Å². The average molecular weight is 505 g/mol. The molecule has 1 atom stereocenters. The summed E-state index contributed by atoms with van der Waals surface area (Å²) in [7, 11) is 2.75. The highest BCUT2D eigenvalue weighted by atomic mass is 19.4. The fourth-order valence-corrected chi connectivity index (χ4v) is 4.41. The molecule has 0 aliphatic carbocycles. The van der Waals surface area contributed by atoms with Crippen molar-refractivity contribution in [2.24, 2.45) is 0 Å². The lowest BCUT2D eigenvalue weighted by Crippen LogP contribution is -2.52. The Morgan fingerprint density at radius 3 is 2.39 bits per heavy atom. The predicted octanol–water partition coefficient (Wildman–Crippen LogP) is 4.13. The minimum Gasteiger partial charge on any atom is -0.496 e. The Hall–Kier alpha value is -3.73. The number of rotatable bonds is 6. The predicted molar refractivity (Wildman–Crippen MR) is 130 cm³/mol. The largest absolute Gasteiger partial charge is 0.496 e. The summed E-state index contributed by atoms with van der Waals surface area (Å²) >= 11 is 0. The van der Waals surface area contributed by atoms with Gasteiger partial charge in [-0.05, 0) is 37.3 Å². The number of H-pyrrole nitrogens is 1. The standard InChI is InChI=1S/C25H27F3N4O4/c1-15(31-10-12-32(13-11-31)17-7-4-6-16(14-17)25(26,27)28)23(33)30-21-20-18(8-5-9-19(20)35-2)29-22(21)24(34)36-3/h4-9,14-15,29H,10-13H2,1-3H3,(H,30,33). The zero-order valence-corrected chi connectivity index (χ0v) is 20.1. The van der Waals surface area contributed by atoms with Crippen molar-refractivity contribution >= 4 is 34.2 Å². The Balaban J connectivity index is 1.48. The third-order valence-corrected chi connectivity index (χ3v) is 6.42. The van der Waals surface area contributed by atoms with Gasteiger partial charge >= 0.3 is 12.1 Å². The molecule has 2 heterocycles. The van der Waals surface area contributed by atoms with Crippen molar-refractivity contribution in [3.63, 3.8) is 0 Å². The molecule has 0 bridgehead atoms. The molecule has 1 fully saturated rings. The van der Waals surface area contributed by atoms with E-state index in [4.69, 9.17) is 9.47 Å². The van der Waals surface area contributed by atoms with Crippen LogP contribution in [0.3, 0.4) is 0 Å². The smallest absolute Gasteiger partial charge is 0.416 e. The maximum atomic E-state index is 13.2. The lowest BCUT2D eigenvalue weighted by Gasteiger charge is -2.38. The molecule has 0 radical (unpaired) electrons. The van der Waals surface area contributed by atoms with Crippen molar-refractivity contribution in [2.75, 3.05) is 50.6 Å². The van der Waals surface area contributed by atoms with Crippen molar-refractivity contribution in [3.8, 4) is 5.75 Å². The molecule has 1 amide bonds. The van der Waals surface area contributed by atoms with E-state index in [-0.39, 0.29) is 17.3 Å². The number of nitrogens with one attached hydrogen (secondary N) is 2. The summed E-state index contributed by atoms with van der Waals surface area (Å²) in [6.45, 7) is 3.64. The van der Waals surface area contributed by atoms with E-state index in [0.717, 1.165) is 12.1 Å². The maximum Gasteiger partial charge on any atom is 0.416 e. The van der Waals surface area contributed by atoms with E-state index in [0.29, 0.717) is 48.5 Å². The number of anilines is 2. The zero-order chi connectivity index (χ0) is 26.0. The van der Waals surface area contributed by atoms with Crippen LogP contribution in [-0.2, 0) is 15.7 Å². The van der Waals surface area contributed by atoms with Crippen molar-refractivity contribution in [3.05, 3.63) is 53.7 Å². The quantitative estimate of drug-likeness (QED) is 0.491. The third kappa shape index (κ3) is 4.97. The highest BCUT2D eigenvalue weighted by molar-refractivity contribution is 6.13. The molecule has 0 spiro atoms. The number of aromatic nitrogens is 1. The topological polar surface area (TPSA) is 86.9 Å². The number of piperazine rings is 1. The van der Waals surface area contributed by atoms with E-state index in [2.05, 4.69) is 10.3 Å². The summed E-state index contributed by atoms with van der Waals surface area (Å²) in [5, 5.41) is 3.41. The number of halogens is 3. The second-order valence-corrected chi connectivity index (χ2v) is 8.49. The molecule has 1 saturated heterocycles. The molecule has 1 aliphatic heterocycles. The first-order valence-corrected chi connectivity index (χ1v) is 11.4. The molecule has 1 unspecified atom stereocenters. The molecule has 2 aromatic carbocycles. The second kappa shape index (κ2) is 10.1. The summed E-state index contributed by atoms with van der Waals surface area (Å²) in [5.74, 6) is -0.484. The minimum atomic E-state index is -4.40. The van der Waals surface area contributed by atoms with E-state index >= 15 is 0 Å². The molecule has 3 aromatic rings. The average Bonchev–Trinajstić information content (AvgIpc) is 3.25. The molecule has 11 heteroatoms. The van der Waals surface area contributed by atoms with Gasteiger partial charge in [-0.15, -0.1) is 0 Å². The van der Waals surface area contributed by atoms with Gasteiger partial charge in [-0.1, -0.05) is 12.1 Å². The number of aromatic amines is 1. The van der Waals surface area contributed by atoms with E-state index in [9.17, 15) is 22.8 Å². The van der Waals surface area contributed by atoms with Gasteiger partial charge in [0, 0.05) is 31.9 Å². The molecule has 2 N–H and O–H groups in total. The number of benzene rings is 2. The summed E-state index contributed by atoms with van der Waals surface area (Å²) in [6, 6.07) is 9.93. The van der Waals surface area contributed by atoms with E-state index < -0.39 is 23.8 Å². The van der Waals surface area contributed by atoms with Crippen LogP contribution in [0.2, 0.25) is 0 Å². The summed E-state index contributed by atoms with van der Waals surface area (Å²) in [6.07, 6.45) is -4.40. The van der Waals surface area contributed by atoms with Crippen LogP contribution in [0.1, 0.15) is 23.0 Å². The zero-order valence-electron chi connectivity index (χ0n) is 20.1. The Morgan fingerprint density at radius 1 is 1.06 bits per heavy atom. The van der Waals surface area contributed by atoms with Crippen molar-refractivity contribution in [2.45, 2.75) is 19.1 Å². The van der Waals surface area contributed by atoms with Crippen LogP contribution in [0.5, 0.6) is 5.75 Å². The number of ether oxygens (including phenoxy) is 2. The molecule has 36 heavy (non-hydrogen) atoms. The normalized spacial score (nSPS) is 15.6. The van der Waals surface area contributed by atoms with Gasteiger partial charge in [0.15, 0.2) is 0 Å². The number of esters is 1. The Kier molecular flexibility index (Phi) is 7.11. The van der Waals surface area contributed by atoms with Crippen LogP contribution >= 0.6 is 0 Å². The fourth-order valence-electron chi connectivity index (χ4n) is 4.41. The van der Waals surface area contributed by atoms with Gasteiger partial charge in [0.2, 0.25) is 5.91 Å². The Labute approximate surface area is 206 Å². The lowest BCUT2D eigenvalue weighted by molar-refractivity contribution is -0.137. The summed E-state index contributed by atoms with van der Waals surface area (Å²) in [5.41, 5.74) is 0.786. The van der Waals surface area contributed by atoms with Gasteiger partial charge in [-0.3, -0.25) is 9.69 Å². The number of carbonyl (C=O) groups is 2. The van der Waals surface area contributed by atoms with Crippen LogP contribution in [-0.4, -0.2) is 68.2 Å². The first kappa shape index (κ1) is 25.4. The van der Waals surface area contributed by atoms with Crippen molar-refractivity contribution in [1.82, 2.24) is 9.88 Å². The van der Waals surface area contributed by atoms with Crippen molar-refractivity contribution in [1.29, 1.82) is 0 Å². The van der Waals surface area contributed by atoms with Gasteiger partial charge in [-0.25, -0.2) is 4.79 Å². The monoisotopic (exact) mass is 504 g/mol. The Morgan fingerprint density at radius 2 is 1.75 bits per heavy atom. The van der Waals surface area contributed by atoms with Crippen LogP contribution < -0.4 is 15.0 Å². The number of alkyl halides is 3. The molecular formula is C25H27F3N4O4. The van der Waals surface area contributed by atoms with Gasteiger partial charge in [0.1, 0.15) is 11.4 Å². The van der Waals surface area contributed by atoms with Gasteiger partial charge in [0.05, 0.1) is 42.4 Å². The van der Waals surface area contributed by atoms with E-state index in [1.165, 1.54) is 20.3 Å². The highest BCUT2D eigenvalue weighted by Crippen LogP contribution is 2.36. The first-order valence-electron chi connectivity index (χ1n) is 11.4. The van der Waals surface area contributed by atoms with Crippen LogP contribution in [0, 0.1) is 0 Å².